The fourth-order valence-corrected chi connectivity index (χ4v) is 3.61. The van der Waals surface area contributed by atoms with Gasteiger partial charge in [0.15, 0.2) is 5.76 Å². The molecule has 27 heavy (non-hydrogen) atoms. The van der Waals surface area contributed by atoms with Gasteiger partial charge in [0.2, 0.25) is 0 Å². The first-order chi connectivity index (χ1) is 12.9. The molecule has 1 amide bonds. The molecule has 0 spiro atoms. The monoisotopic (exact) mass is 384 g/mol. The van der Waals surface area contributed by atoms with E-state index in [0.717, 1.165) is 22.8 Å². The maximum absolute atomic E-state index is 11.7. The summed E-state index contributed by atoms with van der Waals surface area (Å²) in [6.45, 7) is 2.03. The molecule has 0 atom stereocenters. The van der Waals surface area contributed by atoms with Gasteiger partial charge in [0.05, 0.1) is 16.8 Å². The highest BCUT2D eigenvalue weighted by Crippen LogP contribution is 2.39. The van der Waals surface area contributed by atoms with Crippen LogP contribution in [-0.2, 0) is 13.7 Å². The number of fused-ring (bicyclic) bond motifs is 1. The normalized spacial score (nSPS) is 11.2. The predicted molar refractivity (Wildman–Crippen MR) is 100 cm³/mol. The molecule has 4 heterocycles. The number of anilines is 1. The van der Waals surface area contributed by atoms with E-state index in [1.165, 1.54) is 0 Å². The molecule has 10 heteroatoms. The number of aromatic nitrogens is 4. The summed E-state index contributed by atoms with van der Waals surface area (Å²) in [5.41, 5.74) is 13.0. The number of amides is 1. The number of aryl methyl sites for hydroxylation is 2. The van der Waals surface area contributed by atoms with Crippen molar-refractivity contribution in [2.45, 2.75) is 13.5 Å². The van der Waals surface area contributed by atoms with E-state index in [4.69, 9.17) is 20.6 Å². The molecular weight excluding hydrogens is 368 g/mol. The smallest absolute Gasteiger partial charge is 0.318 e. The second-order valence-electron chi connectivity index (χ2n) is 5.92. The van der Waals surface area contributed by atoms with E-state index in [1.54, 1.807) is 10.7 Å². The molecule has 0 aromatic carbocycles. The largest absolute Gasteiger partial charge is 0.460 e. The van der Waals surface area contributed by atoms with Crippen molar-refractivity contribution in [3.05, 3.63) is 40.7 Å². The van der Waals surface area contributed by atoms with Crippen molar-refractivity contribution in [2.75, 3.05) is 5.73 Å². The Morgan fingerprint density at radius 2 is 2.15 bits per heavy atom. The fraction of sp³-hybridized carbons (Fsp3) is 0.176. The Labute approximate surface area is 157 Å². The number of ether oxygens (including phenoxy) is 1. The van der Waals surface area contributed by atoms with E-state index in [2.05, 4.69) is 15.1 Å². The van der Waals surface area contributed by atoms with E-state index in [9.17, 15) is 4.79 Å². The van der Waals surface area contributed by atoms with Gasteiger partial charge in [0, 0.05) is 13.2 Å². The standard InChI is InChI=1S/C17H16N6O3S/c1-8-3-4-10(26-8)13-11-12(18)14(15(19)24)27-16(11)21-17(20-13)25-7-9-5-6-23(2)22-9/h3-6H,7,18H2,1-2H3,(H2,19,24). The molecule has 0 fully saturated rings. The molecule has 4 aromatic heterocycles. The van der Waals surface area contributed by atoms with Crippen molar-refractivity contribution >= 4 is 33.1 Å². The molecule has 0 unspecified atom stereocenters. The minimum absolute atomic E-state index is 0.134. The van der Waals surface area contributed by atoms with Crippen molar-refractivity contribution in [2.24, 2.45) is 12.8 Å². The van der Waals surface area contributed by atoms with Crippen molar-refractivity contribution in [3.63, 3.8) is 0 Å². The van der Waals surface area contributed by atoms with Crippen molar-refractivity contribution in [3.8, 4) is 17.5 Å². The molecule has 4 N–H and O–H groups in total. The summed E-state index contributed by atoms with van der Waals surface area (Å²) >= 11 is 1.10. The van der Waals surface area contributed by atoms with Crippen molar-refractivity contribution < 1.29 is 13.9 Å². The summed E-state index contributed by atoms with van der Waals surface area (Å²) in [6.07, 6.45) is 1.82. The summed E-state index contributed by atoms with van der Waals surface area (Å²) < 4.78 is 13.1. The van der Waals surface area contributed by atoms with Crippen LogP contribution < -0.4 is 16.2 Å². The number of carbonyl (C=O) groups is 1. The number of nitrogens with two attached hydrogens (primary N) is 2. The van der Waals surface area contributed by atoms with E-state index < -0.39 is 5.91 Å². The zero-order valence-corrected chi connectivity index (χ0v) is 15.4. The summed E-state index contributed by atoms with van der Waals surface area (Å²) in [6, 6.07) is 5.56. The molecule has 0 saturated carbocycles. The average molecular weight is 384 g/mol. The third-order valence-electron chi connectivity index (χ3n) is 3.88. The predicted octanol–water partition coefficient (Wildman–Crippen LogP) is 2.25. The molecule has 0 aliphatic heterocycles. The van der Waals surface area contributed by atoms with Gasteiger partial charge in [0.25, 0.3) is 5.91 Å². The van der Waals surface area contributed by atoms with Gasteiger partial charge in [-0.25, -0.2) is 0 Å². The topological polar surface area (TPSA) is 135 Å². The average Bonchev–Trinajstić information content (AvgIpc) is 3.32. The van der Waals surface area contributed by atoms with Gasteiger partial charge in [-0.3, -0.25) is 9.48 Å². The molecule has 138 valence electrons. The minimum atomic E-state index is -0.618. The Morgan fingerprint density at radius 1 is 1.33 bits per heavy atom. The lowest BCUT2D eigenvalue weighted by molar-refractivity contribution is 0.100. The molecule has 0 bridgehead atoms. The molecular formula is C17H16N6O3S. The molecule has 0 aliphatic rings. The van der Waals surface area contributed by atoms with Gasteiger partial charge in [-0.05, 0) is 25.1 Å². The molecule has 4 aromatic rings. The van der Waals surface area contributed by atoms with Crippen LogP contribution in [0.25, 0.3) is 21.7 Å². The maximum Gasteiger partial charge on any atom is 0.318 e. The zero-order valence-electron chi connectivity index (χ0n) is 14.6. The second kappa shape index (κ2) is 6.40. The van der Waals surface area contributed by atoms with Crippen LogP contribution in [-0.4, -0.2) is 25.7 Å². The number of nitrogen functional groups attached to an aromatic ring is 1. The van der Waals surface area contributed by atoms with Crippen molar-refractivity contribution in [1.82, 2.24) is 19.7 Å². The maximum atomic E-state index is 11.7. The van der Waals surface area contributed by atoms with Crippen molar-refractivity contribution in [1.29, 1.82) is 0 Å². The van der Waals surface area contributed by atoms with E-state index in [0.29, 0.717) is 21.7 Å². The lowest BCUT2D eigenvalue weighted by Crippen LogP contribution is -2.10. The first kappa shape index (κ1) is 17.0. The lowest BCUT2D eigenvalue weighted by atomic mass is 10.2. The Balaban J connectivity index is 1.82. The van der Waals surface area contributed by atoms with Crippen LogP contribution in [0.4, 0.5) is 5.69 Å². The van der Waals surface area contributed by atoms with Crippen LogP contribution in [0.15, 0.2) is 28.8 Å². The number of nitrogens with zero attached hydrogens (tertiary/aromatic N) is 4. The minimum Gasteiger partial charge on any atom is -0.460 e. The third kappa shape index (κ3) is 3.10. The summed E-state index contributed by atoms with van der Waals surface area (Å²) in [4.78, 5) is 21.2. The Bertz CT molecular complexity index is 1160. The third-order valence-corrected chi connectivity index (χ3v) is 5.00. The molecule has 4 rings (SSSR count). The van der Waals surface area contributed by atoms with Crippen LogP contribution in [0, 0.1) is 6.92 Å². The number of thiophene rings is 1. The van der Waals surface area contributed by atoms with Gasteiger partial charge in [-0.15, -0.1) is 11.3 Å². The van der Waals surface area contributed by atoms with Gasteiger partial charge >= 0.3 is 6.01 Å². The number of hydrogen-bond donors (Lipinski definition) is 2. The molecule has 0 aliphatic carbocycles. The van der Waals surface area contributed by atoms with Gasteiger partial charge < -0.3 is 20.6 Å². The van der Waals surface area contributed by atoms with Crippen LogP contribution in [0.1, 0.15) is 21.1 Å². The van der Waals surface area contributed by atoms with E-state index in [1.807, 2.05) is 32.3 Å². The van der Waals surface area contributed by atoms with Crippen LogP contribution in [0.2, 0.25) is 0 Å². The number of furan rings is 1. The molecule has 0 saturated heterocycles. The highest BCUT2D eigenvalue weighted by Gasteiger charge is 2.22. The number of hydrogen-bond acceptors (Lipinski definition) is 8. The van der Waals surface area contributed by atoms with Gasteiger partial charge in [-0.1, -0.05) is 0 Å². The Hall–Kier alpha value is -3.40. The van der Waals surface area contributed by atoms with Gasteiger partial charge in [0.1, 0.15) is 27.8 Å². The number of primary amides is 1. The van der Waals surface area contributed by atoms with E-state index in [-0.39, 0.29) is 23.2 Å². The molecule has 9 nitrogen and oxygen atoms in total. The second-order valence-corrected chi connectivity index (χ2v) is 6.92. The lowest BCUT2D eigenvalue weighted by Gasteiger charge is -2.06. The highest BCUT2D eigenvalue weighted by atomic mass is 32.1. The van der Waals surface area contributed by atoms with Gasteiger partial charge in [-0.2, -0.15) is 15.1 Å². The number of carbonyl (C=O) groups excluding carboxylic acids is 1. The van der Waals surface area contributed by atoms with E-state index >= 15 is 0 Å². The Kier molecular flexibility index (Phi) is 4.04. The first-order valence-corrected chi connectivity index (χ1v) is 8.82. The first-order valence-electron chi connectivity index (χ1n) is 8.00. The van der Waals surface area contributed by atoms with Crippen LogP contribution >= 0.6 is 11.3 Å². The Morgan fingerprint density at radius 3 is 2.78 bits per heavy atom. The van der Waals surface area contributed by atoms with Crippen LogP contribution in [0.5, 0.6) is 6.01 Å². The summed E-state index contributed by atoms with van der Waals surface area (Å²) in [5, 5.41) is 4.77. The SMILES string of the molecule is Cc1ccc(-c2nc(OCc3ccn(C)n3)nc3sc(C(N)=O)c(N)c23)o1. The molecule has 0 radical (unpaired) electrons. The number of rotatable bonds is 5. The quantitative estimate of drug-likeness (QED) is 0.538. The van der Waals surface area contributed by atoms with Crippen LogP contribution in [0.3, 0.4) is 0 Å². The zero-order chi connectivity index (χ0) is 19.1. The highest BCUT2D eigenvalue weighted by molar-refractivity contribution is 7.21. The summed E-state index contributed by atoms with van der Waals surface area (Å²) in [7, 11) is 1.82. The summed E-state index contributed by atoms with van der Waals surface area (Å²) in [5.74, 6) is 0.604. The fourth-order valence-electron chi connectivity index (χ4n) is 2.67.